The Bertz CT molecular complexity index is 360. The highest BCUT2D eigenvalue weighted by Crippen LogP contribution is 2.46. The molecule has 0 saturated carbocycles. The molecule has 14 heavy (non-hydrogen) atoms. The molecule has 1 aliphatic rings. The fourth-order valence-corrected chi connectivity index (χ4v) is 3.67. The maximum atomic E-state index is 3.42. The van der Waals surface area contributed by atoms with Crippen molar-refractivity contribution in [3.05, 3.63) is 28.8 Å². The lowest BCUT2D eigenvalue weighted by atomic mass is 9.97. The van der Waals surface area contributed by atoms with Gasteiger partial charge in [0.05, 0.1) is 0 Å². The molecule has 0 spiro atoms. The Morgan fingerprint density at radius 1 is 1.21 bits per heavy atom. The van der Waals surface area contributed by atoms with Crippen LogP contribution in [0.1, 0.15) is 29.7 Å². The van der Waals surface area contributed by atoms with Crippen LogP contribution in [0.25, 0.3) is 0 Å². The Balaban J connectivity index is 2.57. The van der Waals surface area contributed by atoms with E-state index in [0.29, 0.717) is 11.3 Å². The van der Waals surface area contributed by atoms with E-state index in [-0.39, 0.29) is 0 Å². The first-order valence-corrected chi connectivity index (χ1v) is 5.97. The van der Waals surface area contributed by atoms with Gasteiger partial charge in [0.15, 0.2) is 0 Å². The number of nitrogens with one attached hydrogen (secondary N) is 1. The molecule has 1 N–H and O–H groups in total. The smallest absolute Gasteiger partial charge is 0.0452 e. The van der Waals surface area contributed by atoms with E-state index in [2.05, 4.69) is 45.3 Å². The molecular formula is C12H17NS. The van der Waals surface area contributed by atoms with Gasteiger partial charge in [-0.1, -0.05) is 19.1 Å². The highest BCUT2D eigenvalue weighted by atomic mass is 32.2. The Morgan fingerprint density at radius 3 is 2.50 bits per heavy atom. The van der Waals surface area contributed by atoms with Gasteiger partial charge in [0.25, 0.3) is 0 Å². The van der Waals surface area contributed by atoms with Gasteiger partial charge in [0.1, 0.15) is 0 Å². The van der Waals surface area contributed by atoms with Gasteiger partial charge < -0.3 is 5.32 Å². The molecule has 1 aliphatic heterocycles. The van der Waals surface area contributed by atoms with Crippen molar-refractivity contribution in [3.8, 4) is 0 Å². The van der Waals surface area contributed by atoms with Gasteiger partial charge in [0.2, 0.25) is 0 Å². The molecule has 0 bridgehead atoms. The summed E-state index contributed by atoms with van der Waals surface area (Å²) in [6.07, 6.45) is 0. The molecule has 2 unspecified atom stereocenters. The molecule has 0 aliphatic carbocycles. The van der Waals surface area contributed by atoms with Crippen LogP contribution in [-0.4, -0.2) is 12.3 Å². The van der Waals surface area contributed by atoms with Crippen LogP contribution in [0.15, 0.2) is 17.0 Å². The third-order valence-corrected chi connectivity index (χ3v) is 4.43. The summed E-state index contributed by atoms with van der Waals surface area (Å²) >= 11 is 2.00. The average Bonchev–Trinajstić information content (AvgIpc) is 2.50. The van der Waals surface area contributed by atoms with Crippen molar-refractivity contribution in [2.45, 2.75) is 37.0 Å². The molecule has 0 fully saturated rings. The number of hydrogen-bond acceptors (Lipinski definition) is 2. The minimum atomic E-state index is 0.523. The maximum absolute atomic E-state index is 3.42. The summed E-state index contributed by atoms with van der Waals surface area (Å²) in [5, 5.41) is 4.07. The van der Waals surface area contributed by atoms with Gasteiger partial charge in [-0.05, 0) is 37.6 Å². The highest BCUT2D eigenvalue weighted by molar-refractivity contribution is 8.00. The molecule has 0 saturated heterocycles. The fourth-order valence-electron chi connectivity index (χ4n) is 2.22. The predicted octanol–water partition coefficient (Wildman–Crippen LogP) is 3.06. The van der Waals surface area contributed by atoms with E-state index in [1.807, 2.05) is 11.8 Å². The Hall–Kier alpha value is -0.470. The second-order valence-corrected chi connectivity index (χ2v) is 5.42. The number of benzene rings is 1. The quantitative estimate of drug-likeness (QED) is 0.759. The second-order valence-electron chi connectivity index (χ2n) is 4.03. The van der Waals surface area contributed by atoms with Crippen molar-refractivity contribution < 1.29 is 0 Å². The molecular weight excluding hydrogens is 190 g/mol. The second kappa shape index (κ2) is 3.59. The van der Waals surface area contributed by atoms with Crippen LogP contribution < -0.4 is 5.32 Å². The van der Waals surface area contributed by atoms with Crippen molar-refractivity contribution in [2.24, 2.45) is 0 Å². The zero-order valence-corrected chi connectivity index (χ0v) is 10.0. The molecule has 2 heteroatoms. The molecule has 1 nitrogen and oxygen atoms in total. The van der Waals surface area contributed by atoms with Crippen LogP contribution >= 0.6 is 11.8 Å². The van der Waals surface area contributed by atoms with Gasteiger partial charge in [-0.2, -0.15) is 0 Å². The molecule has 2 rings (SSSR count). The van der Waals surface area contributed by atoms with Crippen molar-refractivity contribution in [2.75, 3.05) is 7.05 Å². The molecule has 0 amide bonds. The normalized spacial score (nSPS) is 25.1. The Kier molecular flexibility index (Phi) is 2.58. The first kappa shape index (κ1) is 10.1. The van der Waals surface area contributed by atoms with Crippen molar-refractivity contribution in [1.82, 2.24) is 5.32 Å². The summed E-state index contributed by atoms with van der Waals surface area (Å²) in [6, 6.07) is 4.98. The maximum Gasteiger partial charge on any atom is 0.0452 e. The minimum absolute atomic E-state index is 0.523. The SMILES string of the molecule is CNC1c2c(C)ccc(C)c2SC1C. The lowest BCUT2D eigenvalue weighted by Crippen LogP contribution is -2.22. The third-order valence-electron chi connectivity index (χ3n) is 3.01. The lowest BCUT2D eigenvalue weighted by Gasteiger charge is -2.16. The summed E-state index contributed by atoms with van der Waals surface area (Å²) in [4.78, 5) is 1.50. The topological polar surface area (TPSA) is 12.0 Å². The van der Waals surface area contributed by atoms with Gasteiger partial charge in [-0.15, -0.1) is 11.8 Å². The third kappa shape index (κ3) is 1.37. The summed E-state index contributed by atoms with van der Waals surface area (Å²) < 4.78 is 0. The largest absolute Gasteiger partial charge is 0.312 e. The summed E-state index contributed by atoms with van der Waals surface area (Å²) in [5.74, 6) is 0. The minimum Gasteiger partial charge on any atom is -0.312 e. The first-order chi connectivity index (χ1) is 6.65. The van der Waals surface area contributed by atoms with Crippen LogP contribution in [0.3, 0.4) is 0 Å². The van der Waals surface area contributed by atoms with Crippen molar-refractivity contribution >= 4 is 11.8 Å². The zero-order valence-electron chi connectivity index (χ0n) is 9.22. The van der Waals surface area contributed by atoms with Crippen molar-refractivity contribution in [1.29, 1.82) is 0 Å². The van der Waals surface area contributed by atoms with Crippen LogP contribution in [0.4, 0.5) is 0 Å². The van der Waals surface area contributed by atoms with Gasteiger partial charge in [-0.3, -0.25) is 0 Å². The van der Waals surface area contributed by atoms with E-state index in [4.69, 9.17) is 0 Å². The van der Waals surface area contributed by atoms with E-state index >= 15 is 0 Å². The summed E-state index contributed by atoms with van der Waals surface area (Å²) in [7, 11) is 2.05. The molecule has 76 valence electrons. The number of rotatable bonds is 1. The predicted molar refractivity (Wildman–Crippen MR) is 63.0 cm³/mol. The molecule has 1 aromatic rings. The highest BCUT2D eigenvalue weighted by Gasteiger charge is 2.31. The summed E-state index contributed by atoms with van der Waals surface area (Å²) in [5.41, 5.74) is 4.35. The zero-order chi connectivity index (χ0) is 10.3. The van der Waals surface area contributed by atoms with Crippen LogP contribution in [-0.2, 0) is 0 Å². The van der Waals surface area contributed by atoms with E-state index in [1.165, 1.54) is 21.6 Å². The molecule has 0 radical (unpaired) electrons. The number of hydrogen-bond donors (Lipinski definition) is 1. The Labute approximate surface area is 90.3 Å². The molecule has 1 heterocycles. The van der Waals surface area contributed by atoms with E-state index in [9.17, 15) is 0 Å². The van der Waals surface area contributed by atoms with Gasteiger partial charge >= 0.3 is 0 Å². The fraction of sp³-hybridized carbons (Fsp3) is 0.500. The number of fused-ring (bicyclic) bond motifs is 1. The lowest BCUT2D eigenvalue weighted by molar-refractivity contribution is 0.592. The van der Waals surface area contributed by atoms with Crippen LogP contribution in [0, 0.1) is 13.8 Å². The van der Waals surface area contributed by atoms with Crippen LogP contribution in [0.5, 0.6) is 0 Å². The standard InChI is InChI=1S/C12H17NS/c1-7-5-6-8(2)12-10(7)11(13-4)9(3)14-12/h5-6,9,11,13H,1-4H3. The average molecular weight is 207 g/mol. The molecule has 1 aromatic carbocycles. The molecule has 0 aromatic heterocycles. The van der Waals surface area contributed by atoms with Gasteiger partial charge in [0, 0.05) is 16.2 Å². The first-order valence-electron chi connectivity index (χ1n) is 5.09. The van der Waals surface area contributed by atoms with E-state index in [0.717, 1.165) is 0 Å². The van der Waals surface area contributed by atoms with E-state index < -0.39 is 0 Å². The number of thioether (sulfide) groups is 1. The van der Waals surface area contributed by atoms with E-state index in [1.54, 1.807) is 0 Å². The Morgan fingerprint density at radius 2 is 1.86 bits per heavy atom. The summed E-state index contributed by atoms with van der Waals surface area (Å²) in [6.45, 7) is 6.71. The molecule has 2 atom stereocenters. The van der Waals surface area contributed by atoms with Crippen molar-refractivity contribution in [3.63, 3.8) is 0 Å². The monoisotopic (exact) mass is 207 g/mol. The van der Waals surface area contributed by atoms with Crippen LogP contribution in [0.2, 0.25) is 0 Å². The number of aryl methyl sites for hydroxylation is 2. The van der Waals surface area contributed by atoms with Gasteiger partial charge in [-0.25, -0.2) is 0 Å².